The van der Waals surface area contributed by atoms with Crippen molar-refractivity contribution in [2.75, 3.05) is 0 Å². The number of benzene rings is 1. The molecule has 0 bridgehead atoms. The summed E-state index contributed by atoms with van der Waals surface area (Å²) in [6.45, 7) is 0. The molecule has 0 atom stereocenters. The Kier molecular flexibility index (Phi) is 3.94. The fourth-order valence-corrected chi connectivity index (χ4v) is 2.35. The van der Waals surface area contributed by atoms with Gasteiger partial charge < -0.3 is 5.11 Å². The van der Waals surface area contributed by atoms with Crippen molar-refractivity contribution in [2.45, 2.75) is 9.92 Å². The number of carboxylic acid groups (broad SMARTS) is 1. The molecule has 0 aliphatic rings. The van der Waals surface area contributed by atoms with Gasteiger partial charge in [-0.1, -0.05) is 17.8 Å². The predicted molar refractivity (Wildman–Crippen MR) is 68.4 cm³/mol. The lowest BCUT2D eigenvalue weighted by atomic mass is 10.2. The van der Waals surface area contributed by atoms with Gasteiger partial charge in [0.25, 0.3) is 5.69 Å². The molecule has 102 valence electrons. The number of carbonyl (C=O) groups is 1. The van der Waals surface area contributed by atoms with Crippen LogP contribution in [0.2, 0.25) is 0 Å². The van der Waals surface area contributed by atoms with Crippen LogP contribution in [0.25, 0.3) is 0 Å². The number of carboxylic acids is 1. The second kappa shape index (κ2) is 5.66. The maximum atomic E-state index is 13.5. The molecule has 0 amide bonds. The Morgan fingerprint density at radius 3 is 2.70 bits per heavy atom. The van der Waals surface area contributed by atoms with E-state index in [1.54, 1.807) is 18.2 Å². The molecule has 2 aromatic rings. The van der Waals surface area contributed by atoms with Gasteiger partial charge in [0, 0.05) is 6.20 Å². The normalized spacial score (nSPS) is 10.2. The molecule has 6 nitrogen and oxygen atoms in total. The van der Waals surface area contributed by atoms with Crippen molar-refractivity contribution in [1.29, 1.82) is 0 Å². The van der Waals surface area contributed by atoms with E-state index in [0.29, 0.717) is 11.1 Å². The van der Waals surface area contributed by atoms with E-state index in [1.165, 1.54) is 6.20 Å². The zero-order valence-electron chi connectivity index (χ0n) is 9.82. The van der Waals surface area contributed by atoms with Gasteiger partial charge in [0.15, 0.2) is 0 Å². The molecule has 0 spiro atoms. The third-order valence-electron chi connectivity index (χ3n) is 2.33. The van der Waals surface area contributed by atoms with Crippen molar-refractivity contribution in [3.63, 3.8) is 0 Å². The van der Waals surface area contributed by atoms with Crippen LogP contribution in [0.15, 0.2) is 46.5 Å². The summed E-state index contributed by atoms with van der Waals surface area (Å²) < 4.78 is 13.5. The highest BCUT2D eigenvalue weighted by atomic mass is 32.2. The number of nitrogens with zero attached hydrogens (tertiary/aromatic N) is 2. The van der Waals surface area contributed by atoms with Crippen molar-refractivity contribution < 1.29 is 19.2 Å². The van der Waals surface area contributed by atoms with Gasteiger partial charge in [0.1, 0.15) is 10.8 Å². The molecule has 0 unspecified atom stereocenters. The van der Waals surface area contributed by atoms with Crippen molar-refractivity contribution in [3.05, 3.63) is 58.0 Å². The maximum absolute atomic E-state index is 13.5. The largest absolute Gasteiger partial charge is 0.478 e. The van der Waals surface area contributed by atoms with E-state index in [-0.39, 0.29) is 4.90 Å². The Morgan fingerprint density at radius 1 is 1.40 bits per heavy atom. The molecule has 0 saturated carbocycles. The molecule has 1 aromatic carbocycles. The first kappa shape index (κ1) is 13.9. The highest BCUT2D eigenvalue weighted by Crippen LogP contribution is 2.35. The summed E-state index contributed by atoms with van der Waals surface area (Å²) in [5.74, 6) is -2.63. The number of hydrogen-bond donors (Lipinski definition) is 1. The lowest BCUT2D eigenvalue weighted by Gasteiger charge is -2.05. The monoisotopic (exact) mass is 294 g/mol. The van der Waals surface area contributed by atoms with Gasteiger partial charge in [-0.3, -0.25) is 10.1 Å². The van der Waals surface area contributed by atoms with E-state index in [2.05, 4.69) is 4.98 Å². The van der Waals surface area contributed by atoms with Gasteiger partial charge in [0.2, 0.25) is 0 Å². The van der Waals surface area contributed by atoms with Gasteiger partial charge in [-0.2, -0.15) is 0 Å². The van der Waals surface area contributed by atoms with E-state index in [0.717, 1.165) is 17.8 Å². The Morgan fingerprint density at radius 2 is 2.15 bits per heavy atom. The predicted octanol–water partition coefficient (Wildman–Crippen LogP) is 2.98. The zero-order chi connectivity index (χ0) is 14.7. The van der Waals surface area contributed by atoms with Gasteiger partial charge in [-0.15, -0.1) is 0 Å². The number of halogens is 1. The Balaban J connectivity index is 2.51. The molecule has 1 N–H and O–H groups in total. The van der Waals surface area contributed by atoms with Crippen LogP contribution in [-0.4, -0.2) is 21.0 Å². The van der Waals surface area contributed by atoms with Crippen LogP contribution in [-0.2, 0) is 0 Å². The van der Waals surface area contributed by atoms with E-state index < -0.39 is 28.0 Å². The highest BCUT2D eigenvalue weighted by molar-refractivity contribution is 7.99. The van der Waals surface area contributed by atoms with Crippen LogP contribution in [0.4, 0.5) is 10.1 Å². The molecule has 1 heterocycles. The van der Waals surface area contributed by atoms with Crippen molar-refractivity contribution in [1.82, 2.24) is 4.98 Å². The first-order chi connectivity index (χ1) is 9.49. The summed E-state index contributed by atoms with van der Waals surface area (Å²) in [6, 6.07) is 6.51. The fourth-order valence-electron chi connectivity index (χ4n) is 1.45. The van der Waals surface area contributed by atoms with Gasteiger partial charge in [0.05, 0.1) is 21.4 Å². The molecule has 2 rings (SSSR count). The third-order valence-corrected chi connectivity index (χ3v) is 3.33. The molecule has 0 fully saturated rings. The number of hydrogen-bond acceptors (Lipinski definition) is 5. The minimum atomic E-state index is -1.49. The molecular formula is C12H7FN2O4S. The number of nitro groups is 1. The Bertz CT molecular complexity index is 679. The van der Waals surface area contributed by atoms with Crippen LogP contribution in [0, 0.1) is 15.9 Å². The quantitative estimate of drug-likeness (QED) is 0.688. The van der Waals surface area contributed by atoms with Crippen molar-refractivity contribution >= 4 is 23.4 Å². The minimum Gasteiger partial charge on any atom is -0.478 e. The molecule has 0 aliphatic carbocycles. The van der Waals surface area contributed by atoms with Crippen LogP contribution in [0.3, 0.4) is 0 Å². The number of aromatic carboxylic acids is 1. The van der Waals surface area contributed by atoms with Gasteiger partial charge >= 0.3 is 5.97 Å². The van der Waals surface area contributed by atoms with Crippen molar-refractivity contribution in [3.8, 4) is 0 Å². The fraction of sp³-hybridized carbons (Fsp3) is 0. The van der Waals surface area contributed by atoms with Crippen LogP contribution in [0.1, 0.15) is 10.4 Å². The molecule has 8 heteroatoms. The standard InChI is InChI=1S/C12H7FN2O4S/c13-8-6-9(15(18)19)10(5-7(8)12(16)17)20-11-3-1-2-4-14-11/h1-6H,(H,16,17). The summed E-state index contributed by atoms with van der Waals surface area (Å²) in [5.41, 5.74) is -1.11. The average molecular weight is 294 g/mol. The van der Waals surface area contributed by atoms with Crippen LogP contribution >= 0.6 is 11.8 Å². The summed E-state index contributed by atoms with van der Waals surface area (Å²) in [4.78, 5) is 25.0. The average Bonchev–Trinajstić information content (AvgIpc) is 2.41. The second-order valence-corrected chi connectivity index (χ2v) is 4.69. The molecule has 20 heavy (non-hydrogen) atoms. The molecule has 0 radical (unpaired) electrons. The van der Waals surface area contributed by atoms with Crippen LogP contribution < -0.4 is 0 Å². The molecule has 0 saturated heterocycles. The smallest absolute Gasteiger partial charge is 0.338 e. The maximum Gasteiger partial charge on any atom is 0.338 e. The lowest BCUT2D eigenvalue weighted by molar-refractivity contribution is -0.387. The third kappa shape index (κ3) is 2.91. The molecule has 0 aliphatic heterocycles. The van der Waals surface area contributed by atoms with Gasteiger partial charge in [-0.05, 0) is 18.2 Å². The Hall–Kier alpha value is -2.48. The number of rotatable bonds is 4. The lowest BCUT2D eigenvalue weighted by Crippen LogP contribution is -2.03. The van der Waals surface area contributed by atoms with Crippen molar-refractivity contribution in [2.24, 2.45) is 0 Å². The summed E-state index contributed by atoms with van der Waals surface area (Å²) in [6.07, 6.45) is 1.50. The first-order valence-electron chi connectivity index (χ1n) is 5.29. The SMILES string of the molecule is O=C(O)c1cc(Sc2ccccn2)c([N+](=O)[O-])cc1F. The van der Waals surface area contributed by atoms with E-state index >= 15 is 0 Å². The summed E-state index contributed by atoms with van der Waals surface area (Å²) in [5, 5.41) is 20.2. The first-order valence-corrected chi connectivity index (χ1v) is 6.11. The topological polar surface area (TPSA) is 93.3 Å². The zero-order valence-corrected chi connectivity index (χ0v) is 10.6. The highest BCUT2D eigenvalue weighted by Gasteiger charge is 2.22. The summed E-state index contributed by atoms with van der Waals surface area (Å²) >= 11 is 0.900. The number of pyridine rings is 1. The van der Waals surface area contributed by atoms with E-state index in [4.69, 9.17) is 5.11 Å². The molecular weight excluding hydrogens is 287 g/mol. The Labute approximate surface area is 116 Å². The van der Waals surface area contributed by atoms with E-state index in [1.807, 2.05) is 0 Å². The van der Waals surface area contributed by atoms with E-state index in [9.17, 15) is 19.3 Å². The molecule has 1 aromatic heterocycles. The minimum absolute atomic E-state index is 0.0208. The number of nitro benzene ring substituents is 1. The second-order valence-electron chi connectivity index (χ2n) is 3.63. The van der Waals surface area contributed by atoms with Crippen LogP contribution in [0.5, 0.6) is 0 Å². The number of aromatic nitrogens is 1. The summed E-state index contributed by atoms with van der Waals surface area (Å²) in [7, 11) is 0. The van der Waals surface area contributed by atoms with Gasteiger partial charge in [-0.25, -0.2) is 14.2 Å².